The molecule has 1 N–H and O–H groups in total. The number of aryl methyl sites for hydroxylation is 1. The maximum atomic E-state index is 12.9. The van der Waals surface area contributed by atoms with E-state index in [1.54, 1.807) is 26.0 Å². The summed E-state index contributed by atoms with van der Waals surface area (Å²) < 4.78 is 18.5. The number of carbonyl (C=O) groups excluding carboxylic acids is 2. The van der Waals surface area contributed by atoms with Crippen molar-refractivity contribution in [2.75, 3.05) is 20.2 Å². The molecule has 0 amide bonds. The molecule has 0 aliphatic heterocycles. The summed E-state index contributed by atoms with van der Waals surface area (Å²) in [7, 11) is 1.84. The zero-order valence-corrected chi connectivity index (χ0v) is 15.9. The van der Waals surface area contributed by atoms with Gasteiger partial charge in [-0.05, 0) is 64.6 Å². The van der Waals surface area contributed by atoms with Crippen LogP contribution in [-0.2, 0) is 0 Å². The van der Waals surface area contributed by atoms with Crippen LogP contribution in [0.1, 0.15) is 46.0 Å². The van der Waals surface area contributed by atoms with Gasteiger partial charge in [-0.1, -0.05) is 0 Å². The number of H-pyrrole nitrogens is 1. The molecule has 1 atom stereocenters. The summed E-state index contributed by atoms with van der Waals surface area (Å²) in [5, 5.41) is 0. The number of aromatic amines is 1. The lowest BCUT2D eigenvalue weighted by atomic mass is 10.0. The van der Waals surface area contributed by atoms with Crippen molar-refractivity contribution < 1.29 is 18.7 Å². The lowest BCUT2D eigenvalue weighted by molar-refractivity contribution is 0.0848. The third-order valence-electron chi connectivity index (χ3n) is 4.60. The molecule has 1 aromatic heterocycles. The maximum absolute atomic E-state index is 12.9. The Balaban J connectivity index is 1.98. The number of nitrogens with zero attached hydrogens (tertiary/aromatic N) is 1. The second kappa shape index (κ2) is 8.27. The summed E-state index contributed by atoms with van der Waals surface area (Å²) in [6, 6.07) is 5.45. The highest BCUT2D eigenvalue weighted by Gasteiger charge is 2.25. The minimum Gasteiger partial charge on any atom is -0.492 e. The van der Waals surface area contributed by atoms with E-state index in [9.17, 15) is 14.0 Å². The summed E-state index contributed by atoms with van der Waals surface area (Å²) in [6.07, 6.45) is 0. The maximum Gasteiger partial charge on any atom is 0.196 e. The molecule has 2 rings (SSSR count). The van der Waals surface area contributed by atoms with E-state index in [1.165, 1.54) is 19.1 Å². The Hall–Kier alpha value is -2.47. The van der Waals surface area contributed by atoms with Crippen molar-refractivity contribution in [1.82, 2.24) is 9.88 Å². The standard InChI is InChI=1S/C20H25FN2O3/c1-12-18(15(4)24)13(2)22-19(12)20(25)14(3)23(5)10-11-26-17-8-6-16(21)7-9-17/h6-9,14,22H,10-11H2,1-5H3. The quantitative estimate of drug-likeness (QED) is 0.731. The normalized spacial score (nSPS) is 12.3. The molecule has 1 aromatic carbocycles. The van der Waals surface area contributed by atoms with Crippen LogP contribution in [0.4, 0.5) is 4.39 Å². The van der Waals surface area contributed by atoms with Gasteiger partial charge in [-0.25, -0.2) is 4.39 Å². The highest BCUT2D eigenvalue weighted by molar-refractivity contribution is 6.05. The van der Waals surface area contributed by atoms with Gasteiger partial charge in [-0.15, -0.1) is 0 Å². The van der Waals surface area contributed by atoms with E-state index in [4.69, 9.17) is 4.74 Å². The fourth-order valence-electron chi connectivity index (χ4n) is 2.97. The van der Waals surface area contributed by atoms with Crippen molar-refractivity contribution in [2.45, 2.75) is 33.7 Å². The Morgan fingerprint density at radius 1 is 1.23 bits per heavy atom. The van der Waals surface area contributed by atoms with E-state index in [0.29, 0.717) is 41.4 Å². The Kier molecular flexibility index (Phi) is 6.32. The molecule has 0 saturated carbocycles. The van der Waals surface area contributed by atoms with Crippen LogP contribution >= 0.6 is 0 Å². The highest BCUT2D eigenvalue weighted by Crippen LogP contribution is 2.20. The Bertz CT molecular complexity index is 796. The molecule has 0 saturated heterocycles. The highest BCUT2D eigenvalue weighted by atomic mass is 19.1. The van der Waals surface area contributed by atoms with Crippen LogP contribution in [0.3, 0.4) is 0 Å². The van der Waals surface area contributed by atoms with Crippen molar-refractivity contribution in [3.05, 3.63) is 52.6 Å². The molecule has 0 aliphatic carbocycles. The van der Waals surface area contributed by atoms with Crippen LogP contribution in [0, 0.1) is 19.7 Å². The van der Waals surface area contributed by atoms with Crippen LogP contribution in [0.5, 0.6) is 5.75 Å². The molecule has 1 unspecified atom stereocenters. The minimum absolute atomic E-state index is 0.0518. The molecule has 1 heterocycles. The number of Topliss-reactive ketones (excluding diaryl/α,β-unsaturated/α-hetero) is 2. The van der Waals surface area contributed by atoms with Gasteiger partial charge in [0.05, 0.1) is 11.7 Å². The average molecular weight is 360 g/mol. The number of rotatable bonds is 8. The SMILES string of the molecule is CC(=O)c1c(C)[nH]c(C(=O)C(C)N(C)CCOc2ccc(F)cc2)c1C. The molecule has 26 heavy (non-hydrogen) atoms. The molecule has 0 radical (unpaired) electrons. The minimum atomic E-state index is -0.372. The number of likely N-dealkylation sites (N-methyl/N-ethyl adjacent to an activating group) is 1. The van der Waals surface area contributed by atoms with E-state index >= 15 is 0 Å². The first-order valence-corrected chi connectivity index (χ1v) is 8.55. The van der Waals surface area contributed by atoms with Crippen LogP contribution in [-0.4, -0.2) is 47.7 Å². The predicted molar refractivity (Wildman–Crippen MR) is 98.6 cm³/mol. The summed E-state index contributed by atoms with van der Waals surface area (Å²) in [5.74, 6) is 0.155. The lowest BCUT2D eigenvalue weighted by Crippen LogP contribution is -2.38. The molecule has 0 aliphatic rings. The first-order chi connectivity index (χ1) is 12.2. The molecule has 5 nitrogen and oxygen atoms in total. The number of benzene rings is 1. The number of nitrogens with one attached hydrogen (secondary N) is 1. The number of ether oxygens (including phenoxy) is 1. The number of hydrogen-bond acceptors (Lipinski definition) is 4. The van der Waals surface area contributed by atoms with E-state index in [1.807, 2.05) is 18.9 Å². The van der Waals surface area contributed by atoms with Crippen molar-refractivity contribution in [1.29, 1.82) is 0 Å². The zero-order chi connectivity index (χ0) is 19.4. The van der Waals surface area contributed by atoms with Crippen LogP contribution < -0.4 is 4.74 Å². The fourth-order valence-corrected chi connectivity index (χ4v) is 2.97. The second-order valence-corrected chi connectivity index (χ2v) is 6.50. The van der Waals surface area contributed by atoms with E-state index in [-0.39, 0.29) is 23.4 Å². The number of hydrogen-bond donors (Lipinski definition) is 1. The van der Waals surface area contributed by atoms with Gasteiger partial charge in [0.2, 0.25) is 0 Å². The van der Waals surface area contributed by atoms with E-state index in [0.717, 1.165) is 0 Å². The van der Waals surface area contributed by atoms with Gasteiger partial charge in [-0.3, -0.25) is 14.5 Å². The monoisotopic (exact) mass is 360 g/mol. The first kappa shape index (κ1) is 19.8. The van der Waals surface area contributed by atoms with Crippen LogP contribution in [0.15, 0.2) is 24.3 Å². The lowest BCUT2D eigenvalue weighted by Gasteiger charge is -2.23. The van der Waals surface area contributed by atoms with Crippen molar-refractivity contribution in [3.63, 3.8) is 0 Å². The van der Waals surface area contributed by atoms with Crippen molar-refractivity contribution in [2.24, 2.45) is 0 Å². The van der Waals surface area contributed by atoms with Gasteiger partial charge in [0, 0.05) is 17.8 Å². The summed E-state index contributed by atoms with van der Waals surface area (Å²) in [6.45, 7) is 7.82. The van der Waals surface area contributed by atoms with Gasteiger partial charge in [0.15, 0.2) is 11.6 Å². The smallest absolute Gasteiger partial charge is 0.196 e. The first-order valence-electron chi connectivity index (χ1n) is 8.55. The molecule has 0 fully saturated rings. The largest absolute Gasteiger partial charge is 0.492 e. The Morgan fingerprint density at radius 2 is 1.85 bits per heavy atom. The molecule has 6 heteroatoms. The number of halogens is 1. The van der Waals surface area contributed by atoms with E-state index < -0.39 is 0 Å². The van der Waals surface area contributed by atoms with Gasteiger partial charge < -0.3 is 9.72 Å². The number of ketones is 2. The number of aromatic nitrogens is 1. The summed E-state index contributed by atoms with van der Waals surface area (Å²) in [4.78, 5) is 29.5. The molecule has 0 bridgehead atoms. The topological polar surface area (TPSA) is 62.4 Å². The van der Waals surface area contributed by atoms with Gasteiger partial charge in [-0.2, -0.15) is 0 Å². The predicted octanol–water partition coefficient (Wildman–Crippen LogP) is 3.56. The molecule has 140 valence electrons. The Morgan fingerprint density at radius 3 is 2.38 bits per heavy atom. The van der Waals surface area contributed by atoms with Crippen molar-refractivity contribution >= 4 is 11.6 Å². The number of carbonyl (C=O) groups is 2. The third-order valence-corrected chi connectivity index (χ3v) is 4.60. The van der Waals surface area contributed by atoms with Crippen molar-refractivity contribution in [3.8, 4) is 5.75 Å². The molecule has 2 aromatic rings. The summed E-state index contributed by atoms with van der Waals surface area (Å²) >= 11 is 0. The molecular weight excluding hydrogens is 335 g/mol. The van der Waals surface area contributed by atoms with Gasteiger partial charge in [0.1, 0.15) is 18.2 Å². The van der Waals surface area contributed by atoms with Gasteiger partial charge in [0.25, 0.3) is 0 Å². The third kappa shape index (κ3) is 4.38. The second-order valence-electron chi connectivity index (χ2n) is 6.50. The average Bonchev–Trinajstić information content (AvgIpc) is 2.89. The van der Waals surface area contributed by atoms with Gasteiger partial charge >= 0.3 is 0 Å². The van der Waals surface area contributed by atoms with Crippen LogP contribution in [0.25, 0.3) is 0 Å². The summed E-state index contributed by atoms with van der Waals surface area (Å²) in [5.41, 5.74) is 2.48. The molecular formula is C20H25FN2O3. The van der Waals surface area contributed by atoms with E-state index in [2.05, 4.69) is 4.98 Å². The fraction of sp³-hybridized carbons (Fsp3) is 0.400. The van der Waals surface area contributed by atoms with Crippen LogP contribution in [0.2, 0.25) is 0 Å². The molecule has 0 spiro atoms. The zero-order valence-electron chi connectivity index (χ0n) is 15.9. The Labute approximate surface area is 153 Å².